The molecule has 0 bridgehead atoms. The molecule has 0 saturated carbocycles. The maximum atomic E-state index is 12.9. The first kappa shape index (κ1) is 22.5. The van der Waals surface area contributed by atoms with Crippen molar-refractivity contribution in [2.75, 3.05) is 0 Å². The monoisotopic (exact) mass is 467 g/mol. The summed E-state index contributed by atoms with van der Waals surface area (Å²) in [5.74, 6) is 0.130. The van der Waals surface area contributed by atoms with E-state index in [1.54, 1.807) is 6.07 Å². The van der Waals surface area contributed by atoms with E-state index in [0.717, 1.165) is 47.3 Å². The summed E-state index contributed by atoms with van der Waals surface area (Å²) in [5.41, 5.74) is 4.81. The van der Waals surface area contributed by atoms with Crippen LogP contribution in [0.1, 0.15) is 75.1 Å². The summed E-state index contributed by atoms with van der Waals surface area (Å²) in [5, 5.41) is 14.9. The number of rotatable bonds is 5. The summed E-state index contributed by atoms with van der Waals surface area (Å²) < 4.78 is 5.90. The molecule has 0 unspecified atom stereocenters. The molecule has 1 aliphatic carbocycles. The molecule has 1 aliphatic heterocycles. The van der Waals surface area contributed by atoms with Crippen LogP contribution in [-0.2, 0) is 19.4 Å². The Morgan fingerprint density at radius 1 is 1.09 bits per heavy atom. The summed E-state index contributed by atoms with van der Waals surface area (Å²) in [6.45, 7) is 4.43. The largest absolute Gasteiger partial charge is 0.487 e. The zero-order chi connectivity index (χ0) is 24.6. The smallest absolute Gasteiger partial charge is 0.270 e. The number of nitrogens with one attached hydrogen (secondary N) is 2. The van der Waals surface area contributed by atoms with E-state index in [4.69, 9.17) is 10.00 Å². The Morgan fingerprint density at radius 2 is 1.89 bits per heavy atom. The average Bonchev–Trinajstić information content (AvgIpc) is 3.40. The van der Waals surface area contributed by atoms with Gasteiger partial charge in [0.15, 0.2) is 0 Å². The van der Waals surface area contributed by atoms with Gasteiger partial charge < -0.3 is 15.4 Å². The highest BCUT2D eigenvalue weighted by Gasteiger charge is 2.30. The van der Waals surface area contributed by atoms with E-state index in [1.165, 1.54) is 12.4 Å². The van der Waals surface area contributed by atoms with E-state index in [2.05, 4.69) is 26.7 Å². The van der Waals surface area contributed by atoms with Crippen LogP contribution in [0, 0.1) is 11.3 Å². The Hall–Kier alpha value is -4.25. The summed E-state index contributed by atoms with van der Waals surface area (Å²) >= 11 is 0. The van der Waals surface area contributed by atoms with Crippen LogP contribution in [0.3, 0.4) is 0 Å². The predicted molar refractivity (Wildman–Crippen MR) is 128 cm³/mol. The maximum Gasteiger partial charge on any atom is 0.270 e. The first-order valence-electron chi connectivity index (χ1n) is 11.6. The minimum Gasteiger partial charge on any atom is -0.487 e. The lowest BCUT2D eigenvalue weighted by molar-refractivity contribution is 0.0931. The van der Waals surface area contributed by atoms with Crippen LogP contribution in [0.5, 0.6) is 5.75 Å². The molecule has 0 radical (unpaired) electrons. The summed E-state index contributed by atoms with van der Waals surface area (Å²) in [6, 6.07) is 14.8. The van der Waals surface area contributed by atoms with E-state index >= 15 is 0 Å². The van der Waals surface area contributed by atoms with Crippen LogP contribution < -0.4 is 15.4 Å². The molecule has 0 fully saturated rings. The quantitative estimate of drug-likeness (QED) is 0.594. The van der Waals surface area contributed by atoms with Crippen molar-refractivity contribution in [1.29, 1.82) is 5.26 Å². The van der Waals surface area contributed by atoms with Crippen molar-refractivity contribution in [1.82, 2.24) is 20.6 Å². The topological polar surface area (TPSA) is 117 Å². The zero-order valence-electron chi connectivity index (χ0n) is 19.6. The molecule has 3 aromatic rings. The highest BCUT2D eigenvalue weighted by Crippen LogP contribution is 2.35. The molecule has 2 amide bonds. The van der Waals surface area contributed by atoms with Crippen LogP contribution in [0.25, 0.3) is 0 Å². The van der Waals surface area contributed by atoms with Crippen LogP contribution in [0.2, 0.25) is 0 Å². The maximum absolute atomic E-state index is 12.9. The van der Waals surface area contributed by atoms with Crippen molar-refractivity contribution in [2.45, 2.75) is 51.3 Å². The number of ether oxygens (including phenoxy) is 1. The lowest BCUT2D eigenvalue weighted by atomic mass is 10.0. The van der Waals surface area contributed by atoms with E-state index < -0.39 is 0 Å². The van der Waals surface area contributed by atoms with Crippen LogP contribution in [0.15, 0.2) is 48.8 Å². The van der Waals surface area contributed by atoms with Gasteiger partial charge >= 0.3 is 0 Å². The number of fused-ring (bicyclic) bond motifs is 2. The lowest BCUT2D eigenvalue weighted by Crippen LogP contribution is -2.29. The van der Waals surface area contributed by atoms with Crippen molar-refractivity contribution in [3.63, 3.8) is 0 Å². The van der Waals surface area contributed by atoms with E-state index in [1.807, 2.05) is 44.2 Å². The standard InChI is InChI=1S/C27H25N5O3/c1-27(2)12-19-10-17(4-8-24(19)35-27)14-29-25(33)22-11-23(31-15-30-22)26(34)32-21-7-5-18-9-16(13-28)3-6-20(18)21/h3-4,6,8-11,15,21H,5,7,12,14H2,1-2H3,(H,29,33)(H,32,34)/t21-/m0/s1. The fraction of sp³-hybridized carbons (Fsp3) is 0.296. The van der Waals surface area contributed by atoms with E-state index in [-0.39, 0.29) is 34.8 Å². The van der Waals surface area contributed by atoms with E-state index in [9.17, 15) is 9.59 Å². The normalized spacial score (nSPS) is 17.0. The lowest BCUT2D eigenvalue weighted by Gasteiger charge is -2.16. The molecule has 8 heteroatoms. The summed E-state index contributed by atoms with van der Waals surface area (Å²) in [7, 11) is 0. The Kier molecular flexibility index (Phi) is 5.69. The molecule has 176 valence electrons. The number of nitrogens with zero attached hydrogens (tertiary/aromatic N) is 3. The van der Waals surface area contributed by atoms with Gasteiger partial charge in [-0.1, -0.05) is 18.2 Å². The van der Waals surface area contributed by atoms with Gasteiger partial charge in [0.1, 0.15) is 29.1 Å². The van der Waals surface area contributed by atoms with Gasteiger partial charge in [-0.3, -0.25) is 9.59 Å². The predicted octanol–water partition coefficient (Wildman–Crippen LogP) is 3.41. The number of nitriles is 1. The molecule has 5 rings (SSSR count). The number of aryl methyl sites for hydroxylation is 1. The van der Waals surface area contributed by atoms with Gasteiger partial charge in [-0.15, -0.1) is 0 Å². The molecule has 8 nitrogen and oxygen atoms in total. The Balaban J connectivity index is 1.22. The highest BCUT2D eigenvalue weighted by atomic mass is 16.5. The molecule has 0 spiro atoms. The first-order valence-corrected chi connectivity index (χ1v) is 11.6. The van der Waals surface area contributed by atoms with Gasteiger partial charge in [-0.05, 0) is 67.1 Å². The number of hydrogen-bond donors (Lipinski definition) is 2. The third-order valence-electron chi connectivity index (χ3n) is 6.37. The van der Waals surface area contributed by atoms with Crippen molar-refractivity contribution in [3.05, 3.63) is 88.0 Å². The number of hydrogen-bond acceptors (Lipinski definition) is 6. The first-order chi connectivity index (χ1) is 16.8. The van der Waals surface area contributed by atoms with Crippen molar-refractivity contribution in [3.8, 4) is 11.8 Å². The van der Waals surface area contributed by atoms with Gasteiger partial charge in [-0.25, -0.2) is 9.97 Å². The highest BCUT2D eigenvalue weighted by molar-refractivity contribution is 5.97. The Bertz CT molecular complexity index is 1380. The second-order valence-electron chi connectivity index (χ2n) is 9.54. The summed E-state index contributed by atoms with van der Waals surface area (Å²) in [6.07, 6.45) is 3.58. The van der Waals surface area contributed by atoms with E-state index in [0.29, 0.717) is 12.1 Å². The minimum absolute atomic E-state index is 0.126. The van der Waals surface area contributed by atoms with Crippen LogP contribution in [-0.4, -0.2) is 27.4 Å². The molecular weight excluding hydrogens is 442 g/mol. The van der Waals surface area contributed by atoms with Gasteiger partial charge in [0.25, 0.3) is 11.8 Å². The summed E-state index contributed by atoms with van der Waals surface area (Å²) in [4.78, 5) is 33.7. The molecular formula is C27H25N5O3. The molecule has 2 N–H and O–H groups in total. The molecule has 1 aromatic heterocycles. The molecule has 2 aromatic carbocycles. The fourth-order valence-electron chi connectivity index (χ4n) is 4.72. The second-order valence-corrected chi connectivity index (χ2v) is 9.54. The second kappa shape index (κ2) is 8.84. The van der Waals surface area contributed by atoms with Gasteiger partial charge in [0, 0.05) is 19.0 Å². The molecule has 0 saturated heterocycles. The van der Waals surface area contributed by atoms with Gasteiger partial charge in [-0.2, -0.15) is 5.26 Å². The zero-order valence-corrected chi connectivity index (χ0v) is 19.6. The number of benzene rings is 2. The van der Waals surface area contributed by atoms with Crippen molar-refractivity contribution < 1.29 is 14.3 Å². The molecule has 35 heavy (non-hydrogen) atoms. The number of carbonyl (C=O) groups is 2. The molecule has 1 atom stereocenters. The van der Waals surface area contributed by atoms with Crippen molar-refractivity contribution >= 4 is 11.8 Å². The van der Waals surface area contributed by atoms with Crippen LogP contribution >= 0.6 is 0 Å². The SMILES string of the molecule is CC1(C)Cc2cc(CNC(=O)c3cc(C(=O)N[C@H]4CCc5cc(C#N)ccc54)ncn3)ccc2O1. The minimum atomic E-state index is -0.381. The third-order valence-corrected chi connectivity index (χ3v) is 6.37. The van der Waals surface area contributed by atoms with Crippen molar-refractivity contribution in [2.24, 2.45) is 0 Å². The fourth-order valence-corrected chi connectivity index (χ4v) is 4.72. The van der Waals surface area contributed by atoms with Crippen LogP contribution in [0.4, 0.5) is 0 Å². The molecule has 2 aliphatic rings. The van der Waals surface area contributed by atoms with Gasteiger partial charge in [0.2, 0.25) is 0 Å². The molecule has 2 heterocycles. The number of carbonyl (C=O) groups excluding carboxylic acids is 2. The Morgan fingerprint density at radius 3 is 2.69 bits per heavy atom. The van der Waals surface area contributed by atoms with Gasteiger partial charge in [0.05, 0.1) is 17.7 Å². The average molecular weight is 468 g/mol. The number of aromatic nitrogens is 2. The third kappa shape index (κ3) is 4.71. The Labute approximate surface area is 203 Å². The number of amides is 2.